The van der Waals surface area contributed by atoms with Crippen LogP contribution >= 0.6 is 0 Å². The molecule has 0 aliphatic heterocycles. The van der Waals surface area contributed by atoms with Gasteiger partial charge in [0.25, 0.3) is 0 Å². The van der Waals surface area contributed by atoms with E-state index in [-0.39, 0.29) is 12.4 Å². The topological polar surface area (TPSA) is 16.1 Å². The van der Waals surface area contributed by atoms with Gasteiger partial charge in [0.05, 0.1) is 0 Å². The molecule has 0 unspecified atom stereocenters. The summed E-state index contributed by atoms with van der Waals surface area (Å²) in [4.78, 5) is 4.20. The standard InChI is InChI=1S/C14H21F3N2/c1-2-3-4-5-6-9-12-19(14(15,16)17)13-10-7-8-11-18-13/h7-8,10-11H,2-6,9,12H2,1H3. The van der Waals surface area contributed by atoms with Gasteiger partial charge in [0.2, 0.25) is 0 Å². The van der Waals surface area contributed by atoms with Gasteiger partial charge in [0.15, 0.2) is 0 Å². The van der Waals surface area contributed by atoms with Gasteiger partial charge in [-0.3, -0.25) is 4.90 Å². The number of nitrogens with zero attached hydrogens (tertiary/aromatic N) is 2. The van der Waals surface area contributed by atoms with Crippen molar-refractivity contribution in [3.05, 3.63) is 24.4 Å². The minimum absolute atomic E-state index is 0.0212. The molecule has 0 aliphatic carbocycles. The van der Waals surface area contributed by atoms with E-state index in [1.807, 2.05) is 0 Å². The van der Waals surface area contributed by atoms with Crippen molar-refractivity contribution in [3.8, 4) is 0 Å². The molecule has 0 spiro atoms. The van der Waals surface area contributed by atoms with E-state index in [4.69, 9.17) is 0 Å². The Morgan fingerprint density at radius 2 is 1.74 bits per heavy atom. The molecule has 5 heteroatoms. The molecule has 1 heterocycles. The highest BCUT2D eigenvalue weighted by molar-refractivity contribution is 5.38. The molecule has 2 nitrogen and oxygen atoms in total. The van der Waals surface area contributed by atoms with Crippen molar-refractivity contribution >= 4 is 5.82 Å². The minimum atomic E-state index is -4.36. The van der Waals surface area contributed by atoms with E-state index in [2.05, 4.69) is 11.9 Å². The predicted octanol–water partition coefficient (Wildman–Crippen LogP) is 4.77. The lowest BCUT2D eigenvalue weighted by Gasteiger charge is -2.25. The molecule has 19 heavy (non-hydrogen) atoms. The molecule has 108 valence electrons. The fraction of sp³-hybridized carbons (Fsp3) is 0.643. The highest BCUT2D eigenvalue weighted by Gasteiger charge is 2.37. The van der Waals surface area contributed by atoms with E-state index in [1.54, 1.807) is 12.1 Å². The van der Waals surface area contributed by atoms with Gasteiger partial charge in [-0.15, -0.1) is 0 Å². The fourth-order valence-electron chi connectivity index (χ4n) is 1.93. The third kappa shape index (κ3) is 5.94. The quantitative estimate of drug-likeness (QED) is 0.501. The summed E-state index contributed by atoms with van der Waals surface area (Å²) in [6, 6.07) is 4.58. The Bertz CT molecular complexity index is 338. The van der Waals surface area contributed by atoms with Crippen LogP contribution in [0.15, 0.2) is 24.4 Å². The minimum Gasteiger partial charge on any atom is -0.268 e. The van der Waals surface area contributed by atoms with E-state index in [9.17, 15) is 13.2 Å². The van der Waals surface area contributed by atoms with Crippen LogP contribution in [0.3, 0.4) is 0 Å². The molecule has 0 atom stereocenters. The van der Waals surface area contributed by atoms with Crippen LogP contribution in [0.2, 0.25) is 0 Å². The lowest BCUT2D eigenvalue weighted by molar-refractivity contribution is -0.129. The molecular weight excluding hydrogens is 253 g/mol. The Hall–Kier alpha value is -1.26. The second-order valence-electron chi connectivity index (χ2n) is 4.58. The second-order valence-corrected chi connectivity index (χ2v) is 4.58. The second kappa shape index (κ2) is 8.02. The number of halogens is 3. The maximum atomic E-state index is 12.9. The molecule has 0 radical (unpaired) electrons. The van der Waals surface area contributed by atoms with Crippen molar-refractivity contribution in [1.29, 1.82) is 0 Å². The lowest BCUT2D eigenvalue weighted by Crippen LogP contribution is -2.39. The lowest BCUT2D eigenvalue weighted by atomic mass is 10.1. The van der Waals surface area contributed by atoms with E-state index in [0.717, 1.165) is 32.1 Å². The fourth-order valence-corrected chi connectivity index (χ4v) is 1.93. The number of aromatic nitrogens is 1. The normalized spacial score (nSPS) is 11.6. The van der Waals surface area contributed by atoms with Gasteiger partial charge >= 0.3 is 6.30 Å². The molecular formula is C14H21F3N2. The van der Waals surface area contributed by atoms with Gasteiger partial charge in [0, 0.05) is 12.7 Å². The number of hydrogen-bond acceptors (Lipinski definition) is 2. The molecule has 0 fully saturated rings. The number of alkyl halides is 3. The SMILES string of the molecule is CCCCCCCCN(c1ccccn1)C(F)(F)F. The third-order valence-corrected chi connectivity index (χ3v) is 2.97. The van der Waals surface area contributed by atoms with Gasteiger partial charge in [-0.05, 0) is 18.6 Å². The van der Waals surface area contributed by atoms with Crippen LogP contribution in [0.25, 0.3) is 0 Å². The summed E-state index contributed by atoms with van der Waals surface area (Å²) >= 11 is 0. The zero-order chi connectivity index (χ0) is 14.1. The first-order valence-electron chi connectivity index (χ1n) is 6.81. The molecule has 0 aromatic carbocycles. The number of unbranched alkanes of at least 4 members (excludes halogenated alkanes) is 5. The number of rotatable bonds is 8. The van der Waals surface area contributed by atoms with Crippen LogP contribution in [0.1, 0.15) is 45.4 Å². The predicted molar refractivity (Wildman–Crippen MR) is 71.0 cm³/mol. The van der Waals surface area contributed by atoms with Crippen molar-refractivity contribution in [2.24, 2.45) is 0 Å². The highest BCUT2D eigenvalue weighted by Crippen LogP contribution is 2.27. The van der Waals surface area contributed by atoms with Crippen molar-refractivity contribution in [2.45, 2.75) is 51.7 Å². The molecule has 0 aliphatic rings. The van der Waals surface area contributed by atoms with E-state index in [0.29, 0.717) is 11.3 Å². The first kappa shape index (κ1) is 15.8. The van der Waals surface area contributed by atoms with Gasteiger partial charge in [-0.2, -0.15) is 13.2 Å². The summed E-state index contributed by atoms with van der Waals surface area (Å²) in [5.41, 5.74) is 0. The maximum Gasteiger partial charge on any atom is 0.486 e. The molecule has 0 bridgehead atoms. The molecule has 1 aromatic rings. The Morgan fingerprint density at radius 3 is 2.32 bits per heavy atom. The summed E-state index contributed by atoms with van der Waals surface area (Å²) in [6.07, 6.45) is 2.80. The zero-order valence-electron chi connectivity index (χ0n) is 11.3. The van der Waals surface area contributed by atoms with Crippen LogP contribution in [-0.4, -0.2) is 17.8 Å². The summed E-state index contributed by atoms with van der Waals surface area (Å²) in [6.45, 7) is 2.10. The Labute approximate surface area is 112 Å². The first-order valence-corrected chi connectivity index (χ1v) is 6.81. The largest absolute Gasteiger partial charge is 0.486 e. The molecule has 0 amide bonds. The molecule has 0 saturated heterocycles. The molecule has 0 saturated carbocycles. The van der Waals surface area contributed by atoms with Crippen LogP contribution in [0, 0.1) is 0 Å². The van der Waals surface area contributed by atoms with Crippen molar-refractivity contribution in [2.75, 3.05) is 11.4 Å². The summed E-state index contributed by atoms with van der Waals surface area (Å²) in [5, 5.41) is 0. The molecule has 1 aromatic heterocycles. The van der Waals surface area contributed by atoms with E-state index < -0.39 is 6.30 Å². The van der Waals surface area contributed by atoms with Crippen molar-refractivity contribution in [1.82, 2.24) is 4.98 Å². The monoisotopic (exact) mass is 274 g/mol. The van der Waals surface area contributed by atoms with Gasteiger partial charge in [0.1, 0.15) is 5.82 Å². The van der Waals surface area contributed by atoms with Gasteiger partial charge < -0.3 is 0 Å². The van der Waals surface area contributed by atoms with Crippen LogP contribution in [0.4, 0.5) is 19.0 Å². The number of pyridine rings is 1. The Kier molecular flexibility index (Phi) is 6.67. The van der Waals surface area contributed by atoms with Crippen molar-refractivity contribution in [3.63, 3.8) is 0 Å². The number of anilines is 1. The summed E-state index contributed by atoms with van der Waals surface area (Å²) in [7, 11) is 0. The maximum absolute atomic E-state index is 12.9. The highest BCUT2D eigenvalue weighted by atomic mass is 19.4. The van der Waals surface area contributed by atoms with Crippen LogP contribution in [-0.2, 0) is 0 Å². The summed E-state index contributed by atoms with van der Waals surface area (Å²) < 4.78 is 38.8. The van der Waals surface area contributed by atoms with Crippen molar-refractivity contribution < 1.29 is 13.2 Å². The van der Waals surface area contributed by atoms with Crippen LogP contribution < -0.4 is 4.90 Å². The average Bonchev–Trinajstić information content (AvgIpc) is 2.37. The van der Waals surface area contributed by atoms with E-state index in [1.165, 1.54) is 12.3 Å². The first-order chi connectivity index (χ1) is 9.05. The molecule has 1 rings (SSSR count). The van der Waals surface area contributed by atoms with Crippen LogP contribution in [0.5, 0.6) is 0 Å². The van der Waals surface area contributed by atoms with Gasteiger partial charge in [-0.25, -0.2) is 4.98 Å². The van der Waals surface area contributed by atoms with E-state index >= 15 is 0 Å². The Balaban J connectivity index is 2.44. The smallest absolute Gasteiger partial charge is 0.268 e. The summed E-state index contributed by atoms with van der Waals surface area (Å²) in [5.74, 6) is -0.0245. The Morgan fingerprint density at radius 1 is 1.05 bits per heavy atom. The zero-order valence-corrected chi connectivity index (χ0v) is 11.3. The third-order valence-electron chi connectivity index (χ3n) is 2.97. The average molecular weight is 274 g/mol. The number of hydrogen-bond donors (Lipinski definition) is 0. The molecule has 0 N–H and O–H groups in total. The van der Waals surface area contributed by atoms with Gasteiger partial charge in [-0.1, -0.05) is 45.1 Å².